The van der Waals surface area contributed by atoms with E-state index in [1.54, 1.807) is 0 Å². The molecule has 0 atom stereocenters. The number of carbonyl (C=O) groups is 1. The zero-order valence-corrected chi connectivity index (χ0v) is 11.5. The van der Waals surface area contributed by atoms with Gasteiger partial charge in [0, 0.05) is 24.2 Å². The molecule has 0 radical (unpaired) electrons. The van der Waals surface area contributed by atoms with Crippen LogP contribution in [0.5, 0.6) is 0 Å². The maximum absolute atomic E-state index is 12.0. The summed E-state index contributed by atoms with van der Waals surface area (Å²) in [5, 5.41) is 2.91. The summed E-state index contributed by atoms with van der Waals surface area (Å²) in [5.74, 6) is 0.688. The number of carbonyl (C=O) groups excluding carboxylic acids is 1. The van der Waals surface area contributed by atoms with Gasteiger partial charge in [-0.05, 0) is 43.4 Å². The topological polar surface area (TPSA) is 46.9 Å². The van der Waals surface area contributed by atoms with Crippen LogP contribution in [0.2, 0.25) is 0 Å². The van der Waals surface area contributed by atoms with Crippen LogP contribution >= 0.6 is 0 Å². The summed E-state index contributed by atoms with van der Waals surface area (Å²) in [4.78, 5) is 16.5. The van der Waals surface area contributed by atoms with Gasteiger partial charge in [0.15, 0.2) is 0 Å². The first kappa shape index (κ1) is 11.7. The SMILES string of the molecule is Cc1cc2c(cc1-n1cnc(C3CC3)c1)C(=O)NCC2. The maximum atomic E-state index is 12.0. The molecule has 1 aliphatic carbocycles. The summed E-state index contributed by atoms with van der Waals surface area (Å²) < 4.78 is 2.05. The first-order valence-corrected chi connectivity index (χ1v) is 7.18. The Kier molecular flexibility index (Phi) is 2.46. The normalized spacial score (nSPS) is 17.8. The Bertz CT molecular complexity index is 698. The van der Waals surface area contributed by atoms with Gasteiger partial charge in [-0.25, -0.2) is 4.98 Å². The van der Waals surface area contributed by atoms with Gasteiger partial charge in [-0.2, -0.15) is 0 Å². The van der Waals surface area contributed by atoms with Crippen molar-refractivity contribution in [2.75, 3.05) is 6.54 Å². The van der Waals surface area contributed by atoms with E-state index in [0.29, 0.717) is 5.92 Å². The van der Waals surface area contributed by atoms with Crippen LogP contribution in [0.4, 0.5) is 0 Å². The van der Waals surface area contributed by atoms with Crippen LogP contribution in [-0.2, 0) is 6.42 Å². The van der Waals surface area contributed by atoms with E-state index in [2.05, 4.69) is 29.5 Å². The number of nitrogens with one attached hydrogen (secondary N) is 1. The molecule has 1 saturated carbocycles. The van der Waals surface area contributed by atoms with Crippen LogP contribution in [0.3, 0.4) is 0 Å². The monoisotopic (exact) mass is 267 g/mol. The minimum Gasteiger partial charge on any atom is -0.352 e. The molecule has 0 saturated heterocycles. The summed E-state index contributed by atoms with van der Waals surface area (Å²) >= 11 is 0. The molecule has 102 valence electrons. The number of aromatic nitrogens is 2. The molecule has 0 bridgehead atoms. The molecule has 4 heteroatoms. The Morgan fingerprint density at radius 3 is 3.00 bits per heavy atom. The van der Waals surface area contributed by atoms with Gasteiger partial charge in [-0.1, -0.05) is 6.07 Å². The van der Waals surface area contributed by atoms with Crippen molar-refractivity contribution < 1.29 is 4.79 Å². The summed E-state index contributed by atoms with van der Waals surface area (Å²) in [6.07, 6.45) is 7.39. The fourth-order valence-electron chi connectivity index (χ4n) is 2.92. The molecule has 20 heavy (non-hydrogen) atoms. The van der Waals surface area contributed by atoms with Crippen molar-refractivity contribution in [2.45, 2.75) is 32.1 Å². The molecular formula is C16H17N3O. The number of rotatable bonds is 2. The van der Waals surface area contributed by atoms with Gasteiger partial charge in [0.1, 0.15) is 0 Å². The quantitative estimate of drug-likeness (QED) is 0.908. The van der Waals surface area contributed by atoms with Crippen molar-refractivity contribution in [3.8, 4) is 5.69 Å². The molecule has 1 N–H and O–H groups in total. The van der Waals surface area contributed by atoms with Gasteiger partial charge in [0.05, 0.1) is 17.7 Å². The molecule has 4 rings (SSSR count). The number of fused-ring (bicyclic) bond motifs is 1. The third-order valence-corrected chi connectivity index (χ3v) is 4.22. The summed E-state index contributed by atoms with van der Waals surface area (Å²) in [6, 6.07) is 4.14. The molecule has 1 fully saturated rings. The minimum atomic E-state index is 0.0371. The van der Waals surface area contributed by atoms with Crippen molar-refractivity contribution in [2.24, 2.45) is 0 Å². The fraction of sp³-hybridized carbons (Fsp3) is 0.375. The van der Waals surface area contributed by atoms with Crippen LogP contribution < -0.4 is 5.32 Å². The molecule has 1 aliphatic heterocycles. The molecule has 1 aromatic carbocycles. The van der Waals surface area contributed by atoms with E-state index in [1.807, 2.05) is 17.0 Å². The summed E-state index contributed by atoms with van der Waals surface area (Å²) in [7, 11) is 0. The highest BCUT2D eigenvalue weighted by molar-refractivity contribution is 5.97. The number of aryl methyl sites for hydroxylation is 1. The van der Waals surface area contributed by atoms with Gasteiger partial charge in [0.2, 0.25) is 0 Å². The molecule has 2 aliphatic rings. The maximum Gasteiger partial charge on any atom is 0.251 e. The second kappa shape index (κ2) is 4.20. The lowest BCUT2D eigenvalue weighted by atomic mass is 9.97. The second-order valence-electron chi connectivity index (χ2n) is 5.78. The molecule has 0 spiro atoms. The van der Waals surface area contributed by atoms with E-state index in [1.165, 1.54) is 24.1 Å². The van der Waals surface area contributed by atoms with E-state index in [4.69, 9.17) is 0 Å². The molecule has 2 aromatic rings. The molecular weight excluding hydrogens is 250 g/mol. The smallest absolute Gasteiger partial charge is 0.251 e. The van der Waals surface area contributed by atoms with E-state index >= 15 is 0 Å². The zero-order valence-electron chi connectivity index (χ0n) is 11.5. The number of hydrogen-bond acceptors (Lipinski definition) is 2. The molecule has 2 heterocycles. The Balaban J connectivity index is 1.80. The highest BCUT2D eigenvalue weighted by atomic mass is 16.1. The molecule has 1 amide bonds. The number of benzene rings is 1. The van der Waals surface area contributed by atoms with Crippen LogP contribution in [-0.4, -0.2) is 22.0 Å². The van der Waals surface area contributed by atoms with Crippen LogP contribution in [0.15, 0.2) is 24.7 Å². The largest absolute Gasteiger partial charge is 0.352 e. The van der Waals surface area contributed by atoms with Gasteiger partial charge >= 0.3 is 0 Å². The number of nitrogens with zero attached hydrogens (tertiary/aromatic N) is 2. The first-order chi connectivity index (χ1) is 9.72. The van der Waals surface area contributed by atoms with Crippen molar-refractivity contribution in [3.05, 3.63) is 47.0 Å². The fourth-order valence-corrected chi connectivity index (χ4v) is 2.92. The van der Waals surface area contributed by atoms with Crippen molar-refractivity contribution in [1.29, 1.82) is 0 Å². The third-order valence-electron chi connectivity index (χ3n) is 4.22. The van der Waals surface area contributed by atoms with Gasteiger partial charge < -0.3 is 9.88 Å². The lowest BCUT2D eigenvalue weighted by Crippen LogP contribution is -2.32. The zero-order chi connectivity index (χ0) is 13.7. The molecule has 1 aromatic heterocycles. The van der Waals surface area contributed by atoms with Crippen LogP contribution in [0.1, 0.15) is 45.9 Å². The van der Waals surface area contributed by atoms with Crippen molar-refractivity contribution in [1.82, 2.24) is 14.9 Å². The lowest BCUT2D eigenvalue weighted by molar-refractivity contribution is 0.0946. The Hall–Kier alpha value is -2.10. The van der Waals surface area contributed by atoms with Gasteiger partial charge in [-0.3, -0.25) is 4.79 Å². The average Bonchev–Trinajstić information content (AvgIpc) is 3.17. The van der Waals surface area contributed by atoms with Gasteiger partial charge in [0.25, 0.3) is 5.91 Å². The Morgan fingerprint density at radius 1 is 1.35 bits per heavy atom. The summed E-state index contributed by atoms with van der Waals surface area (Å²) in [6.45, 7) is 2.83. The predicted octanol–water partition coefficient (Wildman–Crippen LogP) is 2.34. The number of amides is 1. The van der Waals surface area contributed by atoms with E-state index < -0.39 is 0 Å². The van der Waals surface area contributed by atoms with Crippen molar-refractivity contribution in [3.63, 3.8) is 0 Å². The highest BCUT2D eigenvalue weighted by Gasteiger charge is 2.26. The Labute approximate surface area is 117 Å². The minimum absolute atomic E-state index is 0.0371. The first-order valence-electron chi connectivity index (χ1n) is 7.18. The number of hydrogen-bond donors (Lipinski definition) is 1. The number of imidazole rings is 1. The molecule has 0 unspecified atom stereocenters. The highest BCUT2D eigenvalue weighted by Crippen LogP contribution is 2.39. The molecule has 4 nitrogen and oxygen atoms in total. The average molecular weight is 267 g/mol. The van der Waals surface area contributed by atoms with E-state index in [-0.39, 0.29) is 5.91 Å². The Morgan fingerprint density at radius 2 is 2.20 bits per heavy atom. The van der Waals surface area contributed by atoms with Crippen molar-refractivity contribution >= 4 is 5.91 Å². The van der Waals surface area contributed by atoms with Crippen LogP contribution in [0.25, 0.3) is 5.69 Å². The van der Waals surface area contributed by atoms with Crippen LogP contribution in [0, 0.1) is 6.92 Å². The van der Waals surface area contributed by atoms with Gasteiger partial charge in [-0.15, -0.1) is 0 Å². The van der Waals surface area contributed by atoms with E-state index in [9.17, 15) is 4.79 Å². The predicted molar refractivity (Wildman–Crippen MR) is 76.3 cm³/mol. The standard InChI is InChI=1S/C16H17N3O/c1-10-6-12-4-5-17-16(20)13(12)7-15(10)19-8-14(18-9-19)11-2-3-11/h6-9,11H,2-5H2,1H3,(H,17,20). The summed E-state index contributed by atoms with van der Waals surface area (Å²) in [5.41, 5.74) is 5.38. The third kappa shape index (κ3) is 1.83. The second-order valence-corrected chi connectivity index (χ2v) is 5.78. The lowest BCUT2D eigenvalue weighted by Gasteiger charge is -2.19. The van der Waals surface area contributed by atoms with E-state index in [0.717, 1.165) is 29.8 Å².